The van der Waals surface area contributed by atoms with E-state index in [2.05, 4.69) is 10.1 Å². The number of ether oxygens (including phenoxy) is 2. The molecule has 0 saturated carbocycles. The molecule has 0 radical (unpaired) electrons. The number of thioether (sulfide) groups is 1. The maximum atomic E-state index is 12.7. The molecule has 33 heavy (non-hydrogen) atoms. The van der Waals surface area contributed by atoms with Gasteiger partial charge in [-0.1, -0.05) is 11.6 Å². The van der Waals surface area contributed by atoms with Crippen LogP contribution in [0.5, 0.6) is 5.75 Å². The molecule has 2 heterocycles. The number of nitriles is 1. The van der Waals surface area contributed by atoms with Crippen LogP contribution in [0.2, 0.25) is 5.02 Å². The molecule has 10 nitrogen and oxygen atoms in total. The van der Waals surface area contributed by atoms with E-state index in [1.807, 2.05) is 6.07 Å². The van der Waals surface area contributed by atoms with Crippen LogP contribution in [0.1, 0.15) is 13.3 Å². The Morgan fingerprint density at radius 2 is 2.00 bits per heavy atom. The van der Waals surface area contributed by atoms with Crippen molar-refractivity contribution < 1.29 is 33.8 Å². The summed E-state index contributed by atoms with van der Waals surface area (Å²) in [6, 6.07) is 7.28. The molecular weight excluding hydrogens is 474 g/mol. The molecule has 2 aliphatic rings. The Morgan fingerprint density at radius 3 is 2.58 bits per heavy atom. The van der Waals surface area contributed by atoms with Gasteiger partial charge in [-0.25, -0.2) is 4.79 Å². The lowest BCUT2D eigenvalue weighted by Gasteiger charge is -2.51. The molecule has 1 aromatic rings. The molecule has 3 unspecified atom stereocenters. The number of rotatable bonds is 8. The largest absolute Gasteiger partial charge is 0.484 e. The molecule has 0 aliphatic carbocycles. The van der Waals surface area contributed by atoms with Crippen molar-refractivity contribution in [2.45, 2.75) is 30.0 Å². The number of benzene rings is 1. The lowest BCUT2D eigenvalue weighted by atomic mass is 9.96. The van der Waals surface area contributed by atoms with Gasteiger partial charge in [0, 0.05) is 10.3 Å². The number of carboxylic acid groups (broad SMARTS) is 1. The van der Waals surface area contributed by atoms with Gasteiger partial charge in [-0.05, 0) is 43.2 Å². The van der Waals surface area contributed by atoms with E-state index in [-0.39, 0.29) is 18.7 Å². The molecule has 1 saturated heterocycles. The molecule has 1 aromatic carbocycles. The van der Waals surface area contributed by atoms with E-state index >= 15 is 0 Å². The Kier molecular flexibility index (Phi) is 7.50. The summed E-state index contributed by atoms with van der Waals surface area (Å²) in [5.41, 5.74) is 0.148. The number of fused-ring (bicyclic) bond motifs is 1. The third kappa shape index (κ3) is 5.07. The minimum Gasteiger partial charge on any atom is -0.484 e. The summed E-state index contributed by atoms with van der Waals surface area (Å²) in [5.74, 6) is -3.83. The second-order valence-electron chi connectivity index (χ2n) is 7.29. The molecule has 0 spiro atoms. The zero-order valence-electron chi connectivity index (χ0n) is 17.6. The SMILES string of the molecule is COC(=O)C(C#N)CC1S[C@@H]2C(NC(=O)COc3ccc(Cl)cc3)C(=O)N2C(C(=O)O)=C1C. The van der Waals surface area contributed by atoms with E-state index in [1.165, 1.54) is 11.8 Å². The lowest BCUT2D eigenvalue weighted by molar-refractivity contribution is -0.151. The highest BCUT2D eigenvalue weighted by atomic mass is 35.5. The first kappa shape index (κ1) is 24.4. The number of esters is 1. The van der Waals surface area contributed by atoms with Crippen LogP contribution in [0.4, 0.5) is 0 Å². The van der Waals surface area contributed by atoms with Crippen LogP contribution in [0.25, 0.3) is 0 Å². The van der Waals surface area contributed by atoms with Gasteiger partial charge >= 0.3 is 11.9 Å². The Hall–Kier alpha value is -3.23. The minimum atomic E-state index is -1.31. The van der Waals surface area contributed by atoms with Crippen molar-refractivity contribution >= 4 is 47.1 Å². The predicted molar refractivity (Wildman–Crippen MR) is 117 cm³/mol. The van der Waals surface area contributed by atoms with Gasteiger partial charge in [-0.15, -0.1) is 11.8 Å². The first-order valence-electron chi connectivity index (χ1n) is 9.75. The average Bonchev–Trinajstić information content (AvgIpc) is 2.80. The van der Waals surface area contributed by atoms with Crippen LogP contribution in [0.3, 0.4) is 0 Å². The molecular formula is C21H20ClN3O7S. The molecule has 2 amide bonds. The Morgan fingerprint density at radius 1 is 1.33 bits per heavy atom. The van der Waals surface area contributed by atoms with E-state index in [1.54, 1.807) is 31.2 Å². The number of hydrogen-bond donors (Lipinski definition) is 2. The van der Waals surface area contributed by atoms with Crippen LogP contribution in [0, 0.1) is 17.2 Å². The molecule has 4 atom stereocenters. The van der Waals surface area contributed by atoms with Crippen LogP contribution in [0.15, 0.2) is 35.5 Å². The fourth-order valence-corrected chi connectivity index (χ4v) is 5.30. The van der Waals surface area contributed by atoms with Gasteiger partial charge in [-0.2, -0.15) is 5.26 Å². The van der Waals surface area contributed by atoms with E-state index < -0.39 is 46.3 Å². The van der Waals surface area contributed by atoms with E-state index in [0.717, 1.165) is 12.0 Å². The third-order valence-corrected chi connectivity index (χ3v) is 7.13. The second kappa shape index (κ2) is 10.1. The van der Waals surface area contributed by atoms with Crippen LogP contribution >= 0.6 is 23.4 Å². The topological polar surface area (TPSA) is 146 Å². The normalized spacial score (nSPS) is 22.4. The highest BCUT2D eigenvalue weighted by Crippen LogP contribution is 2.46. The average molecular weight is 494 g/mol. The highest BCUT2D eigenvalue weighted by Gasteiger charge is 2.55. The maximum Gasteiger partial charge on any atom is 0.352 e. The predicted octanol–water partition coefficient (Wildman–Crippen LogP) is 1.55. The van der Waals surface area contributed by atoms with Gasteiger partial charge in [0.15, 0.2) is 6.61 Å². The number of carbonyl (C=O) groups is 4. The summed E-state index contributed by atoms with van der Waals surface area (Å²) < 4.78 is 10.0. The van der Waals surface area contributed by atoms with Gasteiger partial charge in [0.05, 0.1) is 13.2 Å². The summed E-state index contributed by atoms with van der Waals surface area (Å²) in [6.45, 7) is 1.19. The van der Waals surface area contributed by atoms with Crippen molar-refractivity contribution in [3.63, 3.8) is 0 Å². The Bertz CT molecular complexity index is 1050. The number of carbonyl (C=O) groups excluding carboxylic acids is 3. The van der Waals surface area contributed by atoms with E-state index in [0.29, 0.717) is 16.3 Å². The quantitative estimate of drug-likeness (QED) is 0.406. The van der Waals surface area contributed by atoms with E-state index in [4.69, 9.17) is 16.3 Å². The van der Waals surface area contributed by atoms with Crippen LogP contribution in [-0.2, 0) is 23.9 Å². The molecule has 1 fully saturated rings. The monoisotopic (exact) mass is 493 g/mol. The highest BCUT2D eigenvalue weighted by molar-refractivity contribution is 8.00. The van der Waals surface area contributed by atoms with Crippen LogP contribution in [-0.4, -0.2) is 64.1 Å². The zero-order chi connectivity index (χ0) is 24.3. The maximum absolute atomic E-state index is 12.7. The van der Waals surface area contributed by atoms with Gasteiger partial charge in [0.25, 0.3) is 11.8 Å². The fraction of sp³-hybridized carbons (Fsp3) is 0.381. The molecule has 174 valence electrons. The van der Waals surface area contributed by atoms with Crippen molar-refractivity contribution in [1.82, 2.24) is 10.2 Å². The summed E-state index contributed by atoms with van der Waals surface area (Å²) in [7, 11) is 1.16. The summed E-state index contributed by atoms with van der Waals surface area (Å²) >= 11 is 7.01. The number of amides is 2. The molecule has 0 aromatic heterocycles. The number of nitrogens with zero attached hydrogens (tertiary/aromatic N) is 2. The van der Waals surface area contributed by atoms with Crippen molar-refractivity contribution in [3.05, 3.63) is 40.6 Å². The Balaban J connectivity index is 1.71. The molecule has 2 aliphatic heterocycles. The molecule has 3 rings (SSSR count). The van der Waals surface area contributed by atoms with Crippen LogP contribution < -0.4 is 10.1 Å². The number of aliphatic carboxylic acids is 1. The first-order chi connectivity index (χ1) is 15.7. The summed E-state index contributed by atoms with van der Waals surface area (Å²) in [4.78, 5) is 49.8. The number of halogens is 1. The van der Waals surface area contributed by atoms with Gasteiger partial charge in [-0.3, -0.25) is 19.3 Å². The fourth-order valence-electron chi connectivity index (χ4n) is 3.54. The van der Waals surface area contributed by atoms with Gasteiger partial charge in [0.1, 0.15) is 28.8 Å². The zero-order valence-corrected chi connectivity index (χ0v) is 19.2. The first-order valence-corrected chi connectivity index (χ1v) is 11.1. The standard InChI is InChI=1S/C21H20ClN3O7S/c1-10-14(7-11(8-23)21(30)31-2)33-19-16(18(27)25(19)17(10)20(28)29)24-15(26)9-32-13-5-3-12(22)4-6-13/h3-6,11,14,16,19H,7,9H2,1-2H3,(H,24,26)(H,28,29)/t11?,14?,16?,19-/m1/s1. The molecule has 0 bridgehead atoms. The smallest absolute Gasteiger partial charge is 0.352 e. The minimum absolute atomic E-state index is 0.00925. The lowest BCUT2D eigenvalue weighted by Crippen LogP contribution is -2.71. The Labute approximate surface area is 198 Å². The van der Waals surface area contributed by atoms with Crippen molar-refractivity contribution in [3.8, 4) is 11.8 Å². The number of hydrogen-bond acceptors (Lipinski definition) is 8. The molecule has 12 heteroatoms. The number of methoxy groups -OCH3 is 1. The summed E-state index contributed by atoms with van der Waals surface area (Å²) in [6.07, 6.45) is 0.00925. The van der Waals surface area contributed by atoms with Gasteiger partial charge in [0.2, 0.25) is 0 Å². The third-order valence-electron chi connectivity index (χ3n) is 5.24. The van der Waals surface area contributed by atoms with Gasteiger partial charge < -0.3 is 19.9 Å². The second-order valence-corrected chi connectivity index (χ2v) is 9.05. The van der Waals surface area contributed by atoms with Crippen molar-refractivity contribution in [2.24, 2.45) is 5.92 Å². The number of carboxylic acids is 1. The summed E-state index contributed by atoms with van der Waals surface area (Å²) in [5, 5.41) is 20.8. The number of nitrogens with one attached hydrogen (secondary N) is 1. The molecule has 2 N–H and O–H groups in total. The van der Waals surface area contributed by atoms with Crippen molar-refractivity contribution in [2.75, 3.05) is 13.7 Å². The van der Waals surface area contributed by atoms with Crippen molar-refractivity contribution in [1.29, 1.82) is 5.26 Å². The van der Waals surface area contributed by atoms with E-state index in [9.17, 15) is 29.5 Å². The number of β-lactam (4-membered cyclic amide) rings is 1.